The van der Waals surface area contributed by atoms with Gasteiger partial charge in [-0.15, -0.1) is 21.5 Å². The van der Waals surface area contributed by atoms with Gasteiger partial charge in [-0.2, -0.15) is 0 Å². The van der Waals surface area contributed by atoms with Crippen LogP contribution in [-0.2, 0) is 0 Å². The third-order valence-corrected chi connectivity index (χ3v) is 7.51. The number of nitrogens with zero attached hydrogens (tertiary/aromatic N) is 4. The number of para-hydroxylation sites is 2. The van der Waals surface area contributed by atoms with Crippen LogP contribution in [0.4, 0.5) is 0 Å². The third-order valence-electron chi connectivity index (χ3n) is 5.54. The SMILES string of the molecule is Cc1ccc(C(=O)CSc2nnc3n(-c4ccccc4C(C)C)c(=O)c4ccccc4n23)s1. The van der Waals surface area contributed by atoms with E-state index >= 15 is 0 Å². The monoisotopic (exact) mass is 474 g/mol. The largest absolute Gasteiger partial charge is 0.292 e. The van der Waals surface area contributed by atoms with Gasteiger partial charge in [-0.25, -0.2) is 4.57 Å². The molecule has 3 heterocycles. The molecule has 0 fully saturated rings. The van der Waals surface area contributed by atoms with Gasteiger partial charge in [0, 0.05) is 4.88 Å². The fraction of sp³-hybridized carbons (Fsp3) is 0.200. The van der Waals surface area contributed by atoms with Gasteiger partial charge in [-0.1, -0.05) is 55.9 Å². The highest BCUT2D eigenvalue weighted by Crippen LogP contribution is 2.27. The zero-order valence-corrected chi connectivity index (χ0v) is 20.1. The molecular weight excluding hydrogens is 452 g/mol. The predicted molar refractivity (Wildman–Crippen MR) is 134 cm³/mol. The normalized spacial score (nSPS) is 11.6. The molecule has 6 nitrogen and oxygen atoms in total. The highest BCUT2D eigenvalue weighted by atomic mass is 32.2. The molecule has 166 valence electrons. The second-order valence-electron chi connectivity index (χ2n) is 8.11. The van der Waals surface area contributed by atoms with Crippen LogP contribution in [0.3, 0.4) is 0 Å². The predicted octanol–water partition coefficient (Wildman–Crippen LogP) is 5.50. The maximum absolute atomic E-state index is 13.6. The van der Waals surface area contributed by atoms with E-state index in [1.165, 1.54) is 23.1 Å². The number of aromatic nitrogens is 4. The zero-order chi connectivity index (χ0) is 23.1. The maximum atomic E-state index is 13.6. The number of rotatable bonds is 6. The van der Waals surface area contributed by atoms with Crippen molar-refractivity contribution in [2.24, 2.45) is 0 Å². The van der Waals surface area contributed by atoms with Crippen molar-refractivity contribution in [3.8, 4) is 5.69 Å². The zero-order valence-electron chi connectivity index (χ0n) is 18.5. The van der Waals surface area contributed by atoms with E-state index in [0.717, 1.165) is 26.5 Å². The minimum atomic E-state index is -0.139. The number of Topliss-reactive ketones (excluding diaryl/α,β-unsaturated/α-hetero) is 1. The number of thioether (sulfide) groups is 1. The first kappa shape index (κ1) is 21.6. The minimum Gasteiger partial charge on any atom is -0.292 e. The Bertz CT molecular complexity index is 1560. The molecule has 0 radical (unpaired) electrons. The quantitative estimate of drug-likeness (QED) is 0.240. The molecule has 0 saturated carbocycles. The second-order valence-corrected chi connectivity index (χ2v) is 10.3. The van der Waals surface area contributed by atoms with Crippen LogP contribution in [0.1, 0.15) is 39.9 Å². The van der Waals surface area contributed by atoms with Crippen molar-refractivity contribution in [3.05, 3.63) is 86.3 Å². The Morgan fingerprint density at radius 1 is 1.03 bits per heavy atom. The highest BCUT2D eigenvalue weighted by Gasteiger charge is 2.21. The average molecular weight is 475 g/mol. The minimum absolute atomic E-state index is 0.0534. The van der Waals surface area contributed by atoms with Crippen LogP contribution in [0.2, 0.25) is 0 Å². The van der Waals surface area contributed by atoms with Crippen molar-refractivity contribution in [1.82, 2.24) is 19.2 Å². The van der Waals surface area contributed by atoms with Crippen LogP contribution < -0.4 is 5.56 Å². The molecule has 0 aliphatic carbocycles. The Morgan fingerprint density at radius 2 is 1.79 bits per heavy atom. The molecule has 0 unspecified atom stereocenters. The summed E-state index contributed by atoms with van der Waals surface area (Å²) in [5, 5.41) is 9.95. The smallest absolute Gasteiger partial charge is 0.267 e. The fourth-order valence-electron chi connectivity index (χ4n) is 3.95. The van der Waals surface area contributed by atoms with Crippen molar-refractivity contribution in [1.29, 1.82) is 0 Å². The summed E-state index contributed by atoms with van der Waals surface area (Å²) in [5.74, 6) is 0.964. The Balaban J connectivity index is 1.69. The lowest BCUT2D eigenvalue weighted by atomic mass is 10.0. The summed E-state index contributed by atoms with van der Waals surface area (Å²) in [6, 6.07) is 19.1. The number of carbonyl (C=O) groups is 1. The van der Waals surface area contributed by atoms with Gasteiger partial charge in [0.1, 0.15) is 0 Å². The summed E-state index contributed by atoms with van der Waals surface area (Å²) < 4.78 is 3.52. The summed E-state index contributed by atoms with van der Waals surface area (Å²) in [5.41, 5.74) is 2.43. The van der Waals surface area contributed by atoms with E-state index in [4.69, 9.17) is 0 Å². The third kappa shape index (κ3) is 3.79. The van der Waals surface area contributed by atoms with E-state index in [0.29, 0.717) is 16.3 Å². The molecular formula is C25H22N4O2S2. The Morgan fingerprint density at radius 3 is 2.55 bits per heavy atom. The van der Waals surface area contributed by atoms with E-state index in [1.54, 1.807) is 4.57 Å². The van der Waals surface area contributed by atoms with Crippen LogP contribution in [0.25, 0.3) is 22.4 Å². The topological polar surface area (TPSA) is 69.3 Å². The number of hydrogen-bond donors (Lipinski definition) is 0. The summed E-state index contributed by atoms with van der Waals surface area (Å²) in [6.45, 7) is 6.19. The molecule has 0 spiro atoms. The number of ketones is 1. The van der Waals surface area contributed by atoms with Gasteiger partial charge in [0.05, 0.1) is 27.2 Å². The Labute approximate surface area is 198 Å². The number of aryl methyl sites for hydroxylation is 1. The first-order valence-corrected chi connectivity index (χ1v) is 12.5. The van der Waals surface area contributed by atoms with Gasteiger partial charge < -0.3 is 0 Å². The number of benzene rings is 2. The molecule has 0 aliphatic heterocycles. The standard InChI is InChI=1S/C25H22N4O2S2/c1-15(2)17-8-4-6-10-19(17)28-23(31)18-9-5-7-11-20(18)29-24(28)26-27-25(29)32-14-21(30)22-13-12-16(3)33-22/h4-13,15H,14H2,1-3H3. The number of hydrogen-bond acceptors (Lipinski definition) is 6. The van der Waals surface area contributed by atoms with Crippen LogP contribution in [0, 0.1) is 6.92 Å². The first-order chi connectivity index (χ1) is 16.0. The average Bonchev–Trinajstić information content (AvgIpc) is 3.44. The summed E-state index contributed by atoms with van der Waals surface area (Å²) in [4.78, 5) is 28.1. The molecule has 0 N–H and O–H groups in total. The van der Waals surface area contributed by atoms with Crippen molar-refractivity contribution in [3.63, 3.8) is 0 Å². The van der Waals surface area contributed by atoms with Crippen molar-refractivity contribution in [2.75, 3.05) is 5.75 Å². The number of carbonyl (C=O) groups excluding carboxylic acids is 1. The Hall–Kier alpha value is -3.23. The van der Waals surface area contributed by atoms with Crippen LogP contribution in [0.15, 0.2) is 70.6 Å². The first-order valence-electron chi connectivity index (χ1n) is 10.7. The fourth-order valence-corrected chi connectivity index (χ4v) is 5.67. The summed E-state index contributed by atoms with van der Waals surface area (Å²) in [6.07, 6.45) is 0. The number of thiophene rings is 1. The molecule has 0 aliphatic rings. The summed E-state index contributed by atoms with van der Waals surface area (Å²) in [7, 11) is 0. The lowest BCUT2D eigenvalue weighted by molar-refractivity contribution is 0.102. The molecule has 0 atom stereocenters. The van der Waals surface area contributed by atoms with Gasteiger partial charge in [-0.3, -0.25) is 14.0 Å². The van der Waals surface area contributed by atoms with Crippen LogP contribution >= 0.6 is 23.1 Å². The van der Waals surface area contributed by atoms with Gasteiger partial charge >= 0.3 is 0 Å². The van der Waals surface area contributed by atoms with Gasteiger partial charge in [0.2, 0.25) is 5.78 Å². The molecule has 5 aromatic rings. The summed E-state index contributed by atoms with van der Waals surface area (Å²) >= 11 is 2.83. The molecule has 5 rings (SSSR count). The molecule has 0 saturated heterocycles. The maximum Gasteiger partial charge on any atom is 0.267 e. The van der Waals surface area contributed by atoms with E-state index in [1.807, 2.05) is 72.0 Å². The number of fused-ring (bicyclic) bond motifs is 3. The van der Waals surface area contributed by atoms with Crippen molar-refractivity contribution in [2.45, 2.75) is 31.8 Å². The van der Waals surface area contributed by atoms with Crippen molar-refractivity contribution >= 4 is 45.6 Å². The highest BCUT2D eigenvalue weighted by molar-refractivity contribution is 7.99. The molecule has 3 aromatic heterocycles. The lowest BCUT2D eigenvalue weighted by Crippen LogP contribution is -2.23. The van der Waals surface area contributed by atoms with Gasteiger partial charge in [0.25, 0.3) is 5.56 Å². The second kappa shape index (κ2) is 8.61. The molecule has 0 amide bonds. The molecule has 2 aromatic carbocycles. The van der Waals surface area contributed by atoms with Gasteiger partial charge in [0.15, 0.2) is 10.9 Å². The molecule has 8 heteroatoms. The van der Waals surface area contributed by atoms with E-state index in [2.05, 4.69) is 24.0 Å². The van der Waals surface area contributed by atoms with Gasteiger partial charge in [-0.05, 0) is 48.7 Å². The molecule has 33 heavy (non-hydrogen) atoms. The molecule has 0 bridgehead atoms. The van der Waals surface area contributed by atoms with Crippen molar-refractivity contribution < 1.29 is 4.79 Å². The van der Waals surface area contributed by atoms with Crippen LogP contribution in [0.5, 0.6) is 0 Å². The van der Waals surface area contributed by atoms with Crippen LogP contribution in [-0.4, -0.2) is 30.7 Å². The van der Waals surface area contributed by atoms with E-state index < -0.39 is 0 Å². The van der Waals surface area contributed by atoms with E-state index in [9.17, 15) is 9.59 Å². The Kier molecular flexibility index (Phi) is 5.64. The van der Waals surface area contributed by atoms with E-state index in [-0.39, 0.29) is 23.0 Å². The lowest BCUT2D eigenvalue weighted by Gasteiger charge is -2.16.